The highest BCUT2D eigenvalue weighted by Gasteiger charge is 2.27. The van der Waals surface area contributed by atoms with Crippen LogP contribution in [0.4, 0.5) is 0 Å². The number of nitrogens with zero attached hydrogens (tertiary/aromatic N) is 2. The lowest BCUT2D eigenvalue weighted by Gasteiger charge is -2.38. The summed E-state index contributed by atoms with van der Waals surface area (Å²) in [4.78, 5) is 4.53. The van der Waals surface area contributed by atoms with Gasteiger partial charge in [0.2, 0.25) is 0 Å². The van der Waals surface area contributed by atoms with Gasteiger partial charge in [0.1, 0.15) is 24.3 Å². The molecule has 0 amide bonds. The lowest BCUT2D eigenvalue weighted by molar-refractivity contribution is 0.0245. The number of rotatable bonds is 2. The Bertz CT molecular complexity index is 314. The van der Waals surface area contributed by atoms with E-state index >= 15 is 0 Å². The van der Waals surface area contributed by atoms with Gasteiger partial charge in [0, 0.05) is 13.1 Å². The van der Waals surface area contributed by atoms with Gasteiger partial charge in [0.05, 0.1) is 0 Å². The van der Waals surface area contributed by atoms with E-state index in [0.29, 0.717) is 5.76 Å². The van der Waals surface area contributed by atoms with Crippen molar-refractivity contribution >= 4 is 0 Å². The maximum Gasteiger partial charge on any atom is 0.136 e. The van der Waals surface area contributed by atoms with Gasteiger partial charge in [0.15, 0.2) is 0 Å². The second kappa shape index (κ2) is 4.35. The Balaban J connectivity index is 2.19. The SMILES string of the molecule is CN1CCCN(C)C1c1ccc(CO)o1. The highest BCUT2D eigenvalue weighted by molar-refractivity contribution is 5.10. The fourth-order valence-corrected chi connectivity index (χ4v) is 2.20. The number of hydrogen-bond donors (Lipinski definition) is 1. The van der Waals surface area contributed by atoms with Crippen LogP contribution in [0.5, 0.6) is 0 Å². The summed E-state index contributed by atoms with van der Waals surface area (Å²) < 4.78 is 5.58. The monoisotopic (exact) mass is 210 g/mol. The van der Waals surface area contributed by atoms with Crippen LogP contribution in [0, 0.1) is 0 Å². The zero-order chi connectivity index (χ0) is 10.8. The van der Waals surface area contributed by atoms with E-state index in [9.17, 15) is 0 Å². The molecule has 0 unspecified atom stereocenters. The molecule has 0 radical (unpaired) electrons. The van der Waals surface area contributed by atoms with Crippen LogP contribution in [0.3, 0.4) is 0 Å². The van der Waals surface area contributed by atoms with Crippen LogP contribution in [-0.2, 0) is 6.61 Å². The van der Waals surface area contributed by atoms with E-state index in [4.69, 9.17) is 9.52 Å². The minimum atomic E-state index is -0.0276. The molecule has 0 aliphatic carbocycles. The van der Waals surface area contributed by atoms with Crippen molar-refractivity contribution in [3.63, 3.8) is 0 Å². The van der Waals surface area contributed by atoms with E-state index in [-0.39, 0.29) is 12.8 Å². The molecule has 0 aromatic carbocycles. The van der Waals surface area contributed by atoms with Crippen molar-refractivity contribution in [1.82, 2.24) is 9.80 Å². The molecule has 4 heteroatoms. The second-order valence-corrected chi connectivity index (χ2v) is 4.15. The molecular formula is C11H18N2O2. The molecule has 1 fully saturated rings. The molecular weight excluding hydrogens is 192 g/mol. The third-order valence-electron chi connectivity index (χ3n) is 2.95. The first-order chi connectivity index (χ1) is 7.22. The van der Waals surface area contributed by atoms with Crippen LogP contribution < -0.4 is 0 Å². The molecule has 4 nitrogen and oxygen atoms in total. The van der Waals surface area contributed by atoms with Gasteiger partial charge in [0.25, 0.3) is 0 Å². The number of furan rings is 1. The maximum atomic E-state index is 8.96. The summed E-state index contributed by atoms with van der Waals surface area (Å²) in [6.07, 6.45) is 1.40. The Morgan fingerprint density at radius 3 is 2.53 bits per heavy atom. The Hall–Kier alpha value is -0.840. The van der Waals surface area contributed by atoms with Crippen LogP contribution in [0.15, 0.2) is 16.5 Å². The predicted octanol–water partition coefficient (Wildman–Crippen LogP) is 1.04. The molecule has 1 saturated heterocycles. The highest BCUT2D eigenvalue weighted by atomic mass is 16.4. The van der Waals surface area contributed by atoms with Gasteiger partial charge in [-0.3, -0.25) is 9.80 Å². The largest absolute Gasteiger partial charge is 0.461 e. The van der Waals surface area contributed by atoms with Crippen LogP contribution in [-0.4, -0.2) is 42.1 Å². The third kappa shape index (κ3) is 2.07. The van der Waals surface area contributed by atoms with E-state index in [0.717, 1.165) is 18.8 Å². The van der Waals surface area contributed by atoms with Crippen molar-refractivity contribution in [2.45, 2.75) is 19.2 Å². The van der Waals surface area contributed by atoms with Gasteiger partial charge in [-0.1, -0.05) is 0 Å². The molecule has 0 saturated carbocycles. The Labute approximate surface area is 90.1 Å². The third-order valence-corrected chi connectivity index (χ3v) is 2.95. The van der Waals surface area contributed by atoms with Gasteiger partial charge in [-0.15, -0.1) is 0 Å². The van der Waals surface area contributed by atoms with Crippen molar-refractivity contribution in [1.29, 1.82) is 0 Å². The quantitative estimate of drug-likeness (QED) is 0.791. The average molecular weight is 210 g/mol. The van der Waals surface area contributed by atoms with Crippen LogP contribution in [0.1, 0.15) is 24.1 Å². The minimum Gasteiger partial charge on any atom is -0.461 e. The van der Waals surface area contributed by atoms with Crippen LogP contribution >= 0.6 is 0 Å². The first-order valence-electron chi connectivity index (χ1n) is 5.32. The van der Waals surface area contributed by atoms with Crippen molar-refractivity contribution in [2.24, 2.45) is 0 Å². The second-order valence-electron chi connectivity index (χ2n) is 4.15. The van der Waals surface area contributed by atoms with Crippen LogP contribution in [0.25, 0.3) is 0 Å². The Morgan fingerprint density at radius 2 is 2.00 bits per heavy atom. The van der Waals surface area contributed by atoms with Crippen molar-refractivity contribution in [2.75, 3.05) is 27.2 Å². The van der Waals surface area contributed by atoms with Crippen molar-refractivity contribution in [3.8, 4) is 0 Å². The molecule has 0 bridgehead atoms. The van der Waals surface area contributed by atoms with E-state index in [1.807, 2.05) is 12.1 Å². The Morgan fingerprint density at radius 1 is 1.33 bits per heavy atom. The molecule has 0 atom stereocenters. The topological polar surface area (TPSA) is 39.9 Å². The number of aliphatic hydroxyl groups excluding tert-OH is 1. The lowest BCUT2D eigenvalue weighted by Crippen LogP contribution is -2.43. The van der Waals surface area contributed by atoms with Crippen LogP contribution in [0.2, 0.25) is 0 Å². The standard InChI is InChI=1S/C11H18N2O2/c1-12-6-3-7-13(2)11(12)10-5-4-9(8-14)15-10/h4-5,11,14H,3,6-8H2,1-2H3. The number of aliphatic hydroxyl groups is 1. The summed E-state index contributed by atoms with van der Waals surface area (Å²) in [7, 11) is 4.20. The van der Waals surface area contributed by atoms with Gasteiger partial charge in [-0.2, -0.15) is 0 Å². The molecule has 1 aliphatic heterocycles. The molecule has 2 rings (SSSR count). The zero-order valence-electron chi connectivity index (χ0n) is 9.31. The lowest BCUT2D eigenvalue weighted by atomic mass is 10.2. The van der Waals surface area contributed by atoms with Crippen molar-refractivity contribution in [3.05, 3.63) is 23.7 Å². The highest BCUT2D eigenvalue weighted by Crippen LogP contribution is 2.27. The van der Waals surface area contributed by atoms with Gasteiger partial charge in [-0.05, 0) is 32.6 Å². The molecule has 1 aliphatic rings. The molecule has 84 valence electrons. The maximum absolute atomic E-state index is 8.96. The molecule has 1 N–H and O–H groups in total. The Kier molecular flexibility index (Phi) is 3.09. The smallest absolute Gasteiger partial charge is 0.136 e. The van der Waals surface area contributed by atoms with Gasteiger partial charge >= 0.3 is 0 Å². The fraction of sp³-hybridized carbons (Fsp3) is 0.636. The molecule has 0 spiro atoms. The summed E-state index contributed by atoms with van der Waals surface area (Å²) in [6.45, 7) is 2.15. The van der Waals surface area contributed by atoms with Gasteiger partial charge in [-0.25, -0.2) is 0 Å². The first kappa shape index (κ1) is 10.7. The normalized spacial score (nSPS) is 21.0. The first-order valence-corrected chi connectivity index (χ1v) is 5.32. The van der Waals surface area contributed by atoms with Gasteiger partial charge < -0.3 is 9.52 Å². The fourth-order valence-electron chi connectivity index (χ4n) is 2.20. The zero-order valence-corrected chi connectivity index (χ0v) is 9.31. The van der Waals surface area contributed by atoms with E-state index in [1.54, 1.807) is 0 Å². The molecule has 15 heavy (non-hydrogen) atoms. The summed E-state index contributed by atoms with van der Waals surface area (Å²) in [5.41, 5.74) is 0. The van der Waals surface area contributed by atoms with Crippen molar-refractivity contribution < 1.29 is 9.52 Å². The predicted molar refractivity (Wildman–Crippen MR) is 57.2 cm³/mol. The van der Waals surface area contributed by atoms with E-state index in [2.05, 4.69) is 23.9 Å². The average Bonchev–Trinajstić information content (AvgIpc) is 2.66. The van der Waals surface area contributed by atoms with E-state index in [1.165, 1.54) is 6.42 Å². The summed E-state index contributed by atoms with van der Waals surface area (Å²) in [6, 6.07) is 3.79. The molecule has 1 aromatic rings. The molecule has 1 aromatic heterocycles. The summed E-state index contributed by atoms with van der Waals surface area (Å²) >= 11 is 0. The summed E-state index contributed by atoms with van der Waals surface area (Å²) in [5.74, 6) is 1.56. The summed E-state index contributed by atoms with van der Waals surface area (Å²) in [5, 5.41) is 8.96. The number of hydrogen-bond acceptors (Lipinski definition) is 4. The molecule has 2 heterocycles. The minimum absolute atomic E-state index is 0.0276. The van der Waals surface area contributed by atoms with E-state index < -0.39 is 0 Å².